The van der Waals surface area contributed by atoms with E-state index in [0.717, 1.165) is 12.8 Å². The van der Waals surface area contributed by atoms with Gasteiger partial charge >= 0.3 is 6.09 Å². The van der Waals surface area contributed by atoms with Crippen LogP contribution in [0.25, 0.3) is 0 Å². The molecule has 144 valence electrons. The number of carbonyl (C=O) groups is 1. The lowest BCUT2D eigenvalue weighted by molar-refractivity contribution is -0.0265. The number of hydrogen-bond acceptors (Lipinski definition) is 6. The third kappa shape index (κ3) is 4.72. The first-order valence-electron chi connectivity index (χ1n) is 8.55. The van der Waals surface area contributed by atoms with Gasteiger partial charge in [-0.05, 0) is 38.7 Å². The first-order chi connectivity index (χ1) is 12.2. The molecule has 2 N–H and O–H groups in total. The first kappa shape index (κ1) is 18.6. The Kier molecular flexibility index (Phi) is 4.92. The summed E-state index contributed by atoms with van der Waals surface area (Å²) in [5.41, 5.74) is -0.383. The molecular weight excluding hydrogens is 348 g/mol. The average Bonchev–Trinajstić information content (AvgIpc) is 3.34. The molecule has 1 aliphatic carbocycles. The third-order valence-corrected chi connectivity index (χ3v) is 4.19. The van der Waals surface area contributed by atoms with Crippen LogP contribution in [-0.2, 0) is 0 Å². The van der Waals surface area contributed by atoms with Gasteiger partial charge < -0.3 is 24.8 Å². The highest BCUT2D eigenvalue weighted by atomic mass is 19.3. The molecule has 1 aromatic rings. The number of amides is 1. The minimum Gasteiger partial charge on any atom is -0.476 e. The summed E-state index contributed by atoms with van der Waals surface area (Å²) in [5, 5.41) is 11.7. The molecule has 1 saturated heterocycles. The molecule has 0 atom stereocenters. The maximum atomic E-state index is 13.2. The molecule has 3 rings (SSSR count). The molecule has 1 saturated carbocycles. The second-order valence-electron chi connectivity index (χ2n) is 7.50. The minimum absolute atomic E-state index is 0.00179. The largest absolute Gasteiger partial charge is 0.476 e. The van der Waals surface area contributed by atoms with Crippen molar-refractivity contribution in [1.29, 1.82) is 0 Å². The van der Waals surface area contributed by atoms with Crippen LogP contribution in [0.4, 0.5) is 19.3 Å². The standard InChI is InChI=1S/C17H23F2N3O4/c1-16(2,10-23)21-15(24)26-13-6-5-12(22-8-17(18,19)9-22)14(20-13)25-7-11-3-4-11/h5-6,11,23H,3-4,7-10H2,1-2H3,(H,21,24). The number of aliphatic hydroxyl groups is 1. The number of pyridine rings is 1. The summed E-state index contributed by atoms with van der Waals surface area (Å²) in [6.45, 7) is 2.70. The second kappa shape index (κ2) is 6.86. The summed E-state index contributed by atoms with van der Waals surface area (Å²) in [5.74, 6) is -2.07. The fourth-order valence-corrected chi connectivity index (χ4v) is 2.42. The molecule has 2 heterocycles. The van der Waals surface area contributed by atoms with Gasteiger partial charge in [0.15, 0.2) is 0 Å². The molecule has 2 aliphatic rings. The van der Waals surface area contributed by atoms with Crippen LogP contribution in [0.2, 0.25) is 0 Å². The van der Waals surface area contributed by atoms with Gasteiger partial charge in [0.1, 0.15) is 5.69 Å². The fourth-order valence-electron chi connectivity index (χ4n) is 2.42. The zero-order valence-electron chi connectivity index (χ0n) is 14.8. The van der Waals surface area contributed by atoms with Crippen molar-refractivity contribution in [2.45, 2.75) is 38.2 Å². The predicted octanol–water partition coefficient (Wildman–Crippen LogP) is 2.19. The molecular formula is C17H23F2N3O4. The Balaban J connectivity index is 1.70. The molecule has 7 nitrogen and oxygen atoms in total. The molecule has 1 aliphatic heterocycles. The van der Waals surface area contributed by atoms with E-state index in [0.29, 0.717) is 18.2 Å². The molecule has 0 aromatic carbocycles. The quantitative estimate of drug-likeness (QED) is 0.764. The van der Waals surface area contributed by atoms with Crippen LogP contribution in [0.15, 0.2) is 12.1 Å². The Morgan fingerprint density at radius 1 is 1.42 bits per heavy atom. The van der Waals surface area contributed by atoms with E-state index in [-0.39, 0.29) is 31.5 Å². The summed E-state index contributed by atoms with van der Waals surface area (Å²) in [6, 6.07) is 2.99. The lowest BCUT2D eigenvalue weighted by Gasteiger charge is -2.40. The van der Waals surface area contributed by atoms with Crippen molar-refractivity contribution in [1.82, 2.24) is 10.3 Å². The number of aliphatic hydroxyl groups excluding tert-OH is 1. The van der Waals surface area contributed by atoms with Gasteiger partial charge in [0, 0.05) is 6.07 Å². The van der Waals surface area contributed by atoms with Crippen LogP contribution < -0.4 is 19.7 Å². The lowest BCUT2D eigenvalue weighted by atomic mass is 10.1. The lowest BCUT2D eigenvalue weighted by Crippen LogP contribution is -2.56. The van der Waals surface area contributed by atoms with E-state index >= 15 is 0 Å². The van der Waals surface area contributed by atoms with Gasteiger partial charge in [0.25, 0.3) is 5.92 Å². The van der Waals surface area contributed by atoms with E-state index in [4.69, 9.17) is 9.47 Å². The number of rotatable bonds is 7. The SMILES string of the molecule is CC(C)(CO)NC(=O)Oc1ccc(N2CC(F)(F)C2)c(OCC2CC2)n1. The molecule has 2 fully saturated rings. The van der Waals surface area contributed by atoms with E-state index in [2.05, 4.69) is 10.3 Å². The van der Waals surface area contributed by atoms with Crippen molar-refractivity contribution < 1.29 is 28.2 Å². The fraction of sp³-hybridized carbons (Fsp3) is 0.647. The Morgan fingerprint density at radius 2 is 2.12 bits per heavy atom. The van der Waals surface area contributed by atoms with Crippen molar-refractivity contribution >= 4 is 11.8 Å². The first-order valence-corrected chi connectivity index (χ1v) is 8.55. The van der Waals surface area contributed by atoms with E-state index in [1.807, 2.05) is 0 Å². The predicted molar refractivity (Wildman–Crippen MR) is 89.9 cm³/mol. The smallest absolute Gasteiger partial charge is 0.414 e. The zero-order chi connectivity index (χ0) is 18.9. The Morgan fingerprint density at radius 3 is 2.69 bits per heavy atom. The number of halogens is 2. The van der Waals surface area contributed by atoms with Gasteiger partial charge in [-0.25, -0.2) is 13.6 Å². The summed E-state index contributed by atoms with van der Waals surface area (Å²) < 4.78 is 37.1. The average molecular weight is 371 g/mol. The number of ether oxygens (including phenoxy) is 2. The highest BCUT2D eigenvalue weighted by Gasteiger charge is 2.45. The monoisotopic (exact) mass is 371 g/mol. The zero-order valence-corrected chi connectivity index (χ0v) is 14.8. The molecule has 0 bridgehead atoms. The Hall–Kier alpha value is -2.16. The molecule has 9 heteroatoms. The number of alkyl halides is 2. The minimum atomic E-state index is -2.71. The highest BCUT2D eigenvalue weighted by Crippen LogP contribution is 2.38. The number of nitrogens with zero attached hydrogens (tertiary/aromatic N) is 2. The van der Waals surface area contributed by atoms with E-state index < -0.39 is 17.6 Å². The molecule has 1 aromatic heterocycles. The Labute approximate surface area is 150 Å². The number of carbonyl (C=O) groups excluding carboxylic acids is 1. The van der Waals surface area contributed by atoms with Gasteiger partial charge in [-0.2, -0.15) is 4.98 Å². The number of nitrogens with one attached hydrogen (secondary N) is 1. The van der Waals surface area contributed by atoms with E-state index in [1.54, 1.807) is 19.9 Å². The van der Waals surface area contributed by atoms with E-state index in [9.17, 15) is 18.7 Å². The normalized spacial score (nSPS) is 18.9. The molecule has 1 amide bonds. The van der Waals surface area contributed by atoms with Gasteiger partial charge in [-0.3, -0.25) is 0 Å². The van der Waals surface area contributed by atoms with Crippen molar-refractivity contribution in [2.75, 3.05) is 31.2 Å². The van der Waals surface area contributed by atoms with Crippen molar-refractivity contribution in [2.24, 2.45) is 5.92 Å². The second-order valence-corrected chi connectivity index (χ2v) is 7.50. The van der Waals surface area contributed by atoms with Crippen LogP contribution in [-0.4, -0.2) is 53.9 Å². The summed E-state index contributed by atoms with van der Waals surface area (Å²) >= 11 is 0. The Bertz CT molecular complexity index is 672. The van der Waals surface area contributed by atoms with Crippen LogP contribution >= 0.6 is 0 Å². The molecule has 26 heavy (non-hydrogen) atoms. The molecule has 0 unspecified atom stereocenters. The molecule has 0 radical (unpaired) electrons. The van der Waals surface area contributed by atoms with Gasteiger partial charge in [0.05, 0.1) is 31.8 Å². The van der Waals surface area contributed by atoms with Gasteiger partial charge in [0.2, 0.25) is 11.8 Å². The van der Waals surface area contributed by atoms with Crippen LogP contribution in [0, 0.1) is 5.92 Å². The highest BCUT2D eigenvalue weighted by molar-refractivity contribution is 5.71. The maximum Gasteiger partial charge on any atom is 0.414 e. The van der Waals surface area contributed by atoms with Gasteiger partial charge in [-0.15, -0.1) is 0 Å². The number of anilines is 1. The summed E-state index contributed by atoms with van der Waals surface area (Å²) in [7, 11) is 0. The summed E-state index contributed by atoms with van der Waals surface area (Å²) in [6.07, 6.45) is 1.38. The topological polar surface area (TPSA) is 83.9 Å². The van der Waals surface area contributed by atoms with Crippen LogP contribution in [0.3, 0.4) is 0 Å². The van der Waals surface area contributed by atoms with Crippen LogP contribution in [0.5, 0.6) is 11.8 Å². The van der Waals surface area contributed by atoms with Crippen molar-refractivity contribution in [3.63, 3.8) is 0 Å². The van der Waals surface area contributed by atoms with E-state index in [1.165, 1.54) is 11.0 Å². The number of aromatic nitrogens is 1. The third-order valence-electron chi connectivity index (χ3n) is 4.19. The van der Waals surface area contributed by atoms with Crippen molar-refractivity contribution in [3.8, 4) is 11.8 Å². The summed E-state index contributed by atoms with van der Waals surface area (Å²) in [4.78, 5) is 17.6. The maximum absolute atomic E-state index is 13.2. The number of hydrogen-bond donors (Lipinski definition) is 2. The van der Waals surface area contributed by atoms with Crippen LogP contribution in [0.1, 0.15) is 26.7 Å². The molecule has 0 spiro atoms. The van der Waals surface area contributed by atoms with Gasteiger partial charge in [-0.1, -0.05) is 0 Å². The van der Waals surface area contributed by atoms with Crippen molar-refractivity contribution in [3.05, 3.63) is 12.1 Å².